The van der Waals surface area contributed by atoms with Gasteiger partial charge < -0.3 is 25.0 Å². The number of fused-ring (bicyclic) bond motifs is 1. The van der Waals surface area contributed by atoms with Gasteiger partial charge in [-0.25, -0.2) is 4.98 Å². The summed E-state index contributed by atoms with van der Waals surface area (Å²) in [6, 6.07) is 32.1. The van der Waals surface area contributed by atoms with Gasteiger partial charge in [-0.3, -0.25) is 9.59 Å². The summed E-state index contributed by atoms with van der Waals surface area (Å²) in [7, 11) is 0. The van der Waals surface area contributed by atoms with Crippen molar-refractivity contribution in [1.29, 1.82) is 0 Å². The number of benzene rings is 4. The topological polar surface area (TPSA) is 118 Å². The molecule has 0 spiro atoms. The molecule has 5 aromatic rings. The number of thiazole rings is 1. The van der Waals surface area contributed by atoms with E-state index in [9.17, 15) is 14.7 Å². The third kappa shape index (κ3) is 8.27. The molecule has 1 amide bonds. The molecule has 8 nitrogen and oxygen atoms in total. The molecule has 1 aromatic heterocycles. The summed E-state index contributed by atoms with van der Waals surface area (Å²) < 4.78 is 15.5. The predicted octanol–water partition coefficient (Wildman–Crippen LogP) is 7.52. The fourth-order valence-corrected chi connectivity index (χ4v) is 7.84. The van der Waals surface area contributed by atoms with E-state index in [4.69, 9.17) is 19.6 Å². The summed E-state index contributed by atoms with van der Waals surface area (Å²) in [4.78, 5) is 27.5. The molecule has 3 N–H and O–H groups in total. The molecule has 4 unspecified atom stereocenters. The Morgan fingerprint density at radius 1 is 0.872 bits per heavy atom. The van der Waals surface area contributed by atoms with Crippen molar-refractivity contribution in [2.75, 3.05) is 5.75 Å². The minimum Gasteiger partial charge on any atom is -0.481 e. The van der Waals surface area contributed by atoms with Crippen LogP contribution in [0.25, 0.3) is 21.3 Å². The number of hydrogen-bond acceptors (Lipinski definition) is 8. The summed E-state index contributed by atoms with van der Waals surface area (Å²) in [6.45, 7) is 2.48. The van der Waals surface area contributed by atoms with E-state index in [-0.39, 0.29) is 43.5 Å². The van der Waals surface area contributed by atoms with Gasteiger partial charge >= 0.3 is 5.97 Å². The number of carbonyl (C=O) groups is 2. The largest absolute Gasteiger partial charge is 0.481 e. The van der Waals surface area contributed by atoms with Crippen molar-refractivity contribution < 1.29 is 29.3 Å². The van der Waals surface area contributed by atoms with Crippen LogP contribution >= 0.6 is 23.1 Å². The number of carbonyl (C=O) groups excluding carboxylic acids is 1. The monoisotopic (exact) mass is 668 g/mol. The fraction of sp³-hybridized carbons (Fsp3) is 0.270. The molecule has 1 fully saturated rings. The molecule has 4 atom stereocenters. The number of carboxylic acid groups (broad SMARTS) is 1. The first kappa shape index (κ1) is 32.9. The van der Waals surface area contributed by atoms with Crippen LogP contribution in [0.5, 0.6) is 0 Å². The maximum absolute atomic E-state index is 12.0. The van der Waals surface area contributed by atoms with Crippen LogP contribution in [0.2, 0.25) is 0 Å². The Morgan fingerprint density at radius 3 is 2.38 bits per heavy atom. The highest BCUT2D eigenvalue weighted by Gasteiger charge is 2.38. The minimum absolute atomic E-state index is 0.00872. The standard InChI is InChI=1S/C37H36N2O6S2/c1-23-31(22-46-37-39-30-7-2-3-8-32(30)47-37)44-36(45-35(23)27-11-9-24(21-40)10-12-27)28-15-13-26(14-16-28)29-6-4-5-25(19-29)20-38-33(41)17-18-34(42)43/h2-16,19,23,31,35-36,40H,17-18,20-22H2,1H3,(H,38,41)(H,42,43). The first-order chi connectivity index (χ1) is 22.9. The number of carboxylic acids is 1. The molecule has 1 aliphatic rings. The second-order valence-electron chi connectivity index (χ2n) is 11.6. The number of aromatic nitrogens is 1. The Bertz CT molecular complexity index is 1790. The van der Waals surface area contributed by atoms with Crippen molar-refractivity contribution in [1.82, 2.24) is 10.3 Å². The lowest BCUT2D eigenvalue weighted by molar-refractivity contribution is -0.268. The lowest BCUT2D eigenvalue weighted by atomic mass is 9.91. The zero-order valence-electron chi connectivity index (χ0n) is 25.9. The molecule has 0 bridgehead atoms. The maximum Gasteiger partial charge on any atom is 0.303 e. The minimum atomic E-state index is -0.991. The Hall–Kier alpha value is -4.06. The molecule has 242 valence electrons. The highest BCUT2D eigenvalue weighted by atomic mass is 32.2. The average molecular weight is 669 g/mol. The van der Waals surface area contributed by atoms with E-state index in [2.05, 4.69) is 18.3 Å². The van der Waals surface area contributed by atoms with Crippen molar-refractivity contribution in [3.63, 3.8) is 0 Å². The number of aliphatic hydroxyl groups excluding tert-OH is 1. The van der Waals surface area contributed by atoms with E-state index in [0.717, 1.165) is 49.0 Å². The molecule has 1 aliphatic heterocycles. The Kier molecular flexibility index (Phi) is 10.6. The number of nitrogens with one attached hydrogen (secondary N) is 1. The SMILES string of the molecule is CC1C(CSc2nc3ccccc3s2)OC(c2ccc(-c3cccc(CNC(=O)CCC(=O)O)c3)cc2)OC1c1ccc(CO)cc1. The molecule has 47 heavy (non-hydrogen) atoms. The van der Waals surface area contributed by atoms with Gasteiger partial charge in [-0.15, -0.1) is 11.3 Å². The molecule has 0 aliphatic carbocycles. The van der Waals surface area contributed by atoms with Crippen LogP contribution in [0, 0.1) is 5.92 Å². The quantitative estimate of drug-likeness (QED) is 0.117. The average Bonchev–Trinajstić information content (AvgIpc) is 3.53. The van der Waals surface area contributed by atoms with E-state index >= 15 is 0 Å². The fourth-order valence-electron chi connectivity index (χ4n) is 5.58. The van der Waals surface area contributed by atoms with Gasteiger partial charge in [0.1, 0.15) is 0 Å². The smallest absolute Gasteiger partial charge is 0.303 e. The van der Waals surface area contributed by atoms with E-state index < -0.39 is 12.3 Å². The van der Waals surface area contributed by atoms with Gasteiger partial charge in [0.25, 0.3) is 0 Å². The second kappa shape index (κ2) is 15.2. The van der Waals surface area contributed by atoms with Crippen molar-refractivity contribution in [3.05, 3.63) is 119 Å². The van der Waals surface area contributed by atoms with Crippen LogP contribution in [-0.4, -0.2) is 38.9 Å². The number of aliphatic carboxylic acids is 1. The van der Waals surface area contributed by atoms with Crippen molar-refractivity contribution in [3.8, 4) is 11.1 Å². The highest BCUT2D eigenvalue weighted by molar-refractivity contribution is 8.01. The Morgan fingerprint density at radius 2 is 1.64 bits per heavy atom. The summed E-state index contributed by atoms with van der Waals surface area (Å²) in [5, 5.41) is 21.2. The zero-order chi connectivity index (χ0) is 32.8. The number of ether oxygens (including phenoxy) is 2. The third-order valence-electron chi connectivity index (χ3n) is 8.27. The Balaban J connectivity index is 1.18. The lowest BCUT2D eigenvalue weighted by Gasteiger charge is -2.41. The molecule has 1 saturated heterocycles. The van der Waals surface area contributed by atoms with Gasteiger partial charge in [-0.05, 0) is 46.0 Å². The number of thioether (sulfide) groups is 1. The van der Waals surface area contributed by atoms with E-state index in [1.54, 1.807) is 23.1 Å². The van der Waals surface area contributed by atoms with E-state index in [1.807, 2.05) is 91.0 Å². The molecule has 2 heterocycles. The number of aliphatic hydroxyl groups is 1. The molecule has 4 aromatic carbocycles. The van der Waals surface area contributed by atoms with Crippen molar-refractivity contribution in [2.24, 2.45) is 5.92 Å². The maximum atomic E-state index is 12.0. The summed E-state index contributed by atoms with van der Waals surface area (Å²) in [5.74, 6) is -0.484. The second-order valence-corrected chi connectivity index (χ2v) is 13.9. The number of rotatable bonds is 12. The first-order valence-corrected chi connectivity index (χ1v) is 17.3. The van der Waals surface area contributed by atoms with Gasteiger partial charge in [0.2, 0.25) is 5.91 Å². The Labute approximate surface area is 281 Å². The summed E-state index contributed by atoms with van der Waals surface area (Å²) in [6.07, 6.45) is -1.11. The van der Waals surface area contributed by atoms with Gasteiger partial charge in [0.15, 0.2) is 10.6 Å². The molecule has 0 radical (unpaired) electrons. The van der Waals surface area contributed by atoms with Crippen LogP contribution in [0.15, 0.2) is 101 Å². The van der Waals surface area contributed by atoms with Crippen molar-refractivity contribution >= 4 is 45.2 Å². The normalized spacial score (nSPS) is 19.4. The molecule has 10 heteroatoms. The van der Waals surface area contributed by atoms with Gasteiger partial charge in [0, 0.05) is 30.2 Å². The van der Waals surface area contributed by atoms with Gasteiger partial charge in [-0.1, -0.05) is 97.5 Å². The zero-order valence-corrected chi connectivity index (χ0v) is 27.5. The molecule has 6 rings (SSSR count). The molecular weight excluding hydrogens is 633 g/mol. The van der Waals surface area contributed by atoms with Crippen LogP contribution in [0.3, 0.4) is 0 Å². The number of nitrogens with zero attached hydrogens (tertiary/aromatic N) is 1. The van der Waals surface area contributed by atoms with E-state index in [0.29, 0.717) is 6.54 Å². The number of hydrogen-bond donors (Lipinski definition) is 3. The van der Waals surface area contributed by atoms with Crippen LogP contribution in [0.4, 0.5) is 0 Å². The molecular formula is C37H36N2O6S2. The number of amides is 1. The summed E-state index contributed by atoms with van der Waals surface area (Å²) >= 11 is 3.40. The van der Waals surface area contributed by atoms with Crippen LogP contribution in [-0.2, 0) is 32.2 Å². The van der Waals surface area contributed by atoms with Crippen LogP contribution in [0.1, 0.15) is 54.4 Å². The third-order valence-corrected chi connectivity index (χ3v) is 10.5. The molecule has 0 saturated carbocycles. The van der Waals surface area contributed by atoms with E-state index in [1.165, 1.54) is 4.70 Å². The van der Waals surface area contributed by atoms with Crippen LogP contribution < -0.4 is 5.32 Å². The summed E-state index contributed by atoms with van der Waals surface area (Å²) in [5.41, 5.74) is 6.75. The highest BCUT2D eigenvalue weighted by Crippen LogP contribution is 2.43. The lowest BCUT2D eigenvalue weighted by Crippen LogP contribution is -2.38. The first-order valence-electron chi connectivity index (χ1n) is 15.5. The van der Waals surface area contributed by atoms with Gasteiger partial charge in [0.05, 0.1) is 35.5 Å². The predicted molar refractivity (Wildman–Crippen MR) is 184 cm³/mol. The van der Waals surface area contributed by atoms with Gasteiger partial charge in [-0.2, -0.15) is 0 Å². The van der Waals surface area contributed by atoms with Crippen molar-refractivity contribution in [2.45, 2.75) is 55.8 Å². The number of para-hydroxylation sites is 1.